The number of ether oxygens (including phenoxy) is 2. The van der Waals surface area contributed by atoms with Gasteiger partial charge in [0.15, 0.2) is 0 Å². The van der Waals surface area contributed by atoms with Crippen LogP contribution in [0, 0.1) is 0 Å². The summed E-state index contributed by atoms with van der Waals surface area (Å²) in [5, 5.41) is 0.973. The summed E-state index contributed by atoms with van der Waals surface area (Å²) in [5.41, 5.74) is 2.66. The summed E-state index contributed by atoms with van der Waals surface area (Å²) >= 11 is 0. The van der Waals surface area contributed by atoms with E-state index in [9.17, 15) is 4.79 Å². The van der Waals surface area contributed by atoms with Gasteiger partial charge in [-0.05, 0) is 55.8 Å². The molecule has 3 aromatic rings. The van der Waals surface area contributed by atoms with Gasteiger partial charge < -0.3 is 24.3 Å². The van der Waals surface area contributed by atoms with E-state index >= 15 is 0 Å². The standard InChI is InChI=1S/C25H29N3O3/c1-30-20-9-10-21-19(15-20)16-22(26-21)25(29)28-13-14-31-23(17-27-11-5-6-12-27)24(28)18-7-3-2-4-8-18/h2-4,7-10,15-16,23-24,26H,5-6,11-14,17H2,1H3/t23-,24-/m0/s1. The highest BCUT2D eigenvalue weighted by Gasteiger charge is 2.38. The van der Waals surface area contributed by atoms with Crippen LogP contribution in [0.15, 0.2) is 54.6 Å². The Kier molecular flexibility index (Phi) is 5.66. The Morgan fingerprint density at radius 3 is 2.68 bits per heavy atom. The summed E-state index contributed by atoms with van der Waals surface area (Å²) in [6.07, 6.45) is 2.44. The van der Waals surface area contributed by atoms with E-state index in [0.29, 0.717) is 18.8 Å². The molecule has 1 N–H and O–H groups in total. The lowest BCUT2D eigenvalue weighted by atomic mass is 9.97. The molecule has 5 rings (SSSR count). The van der Waals surface area contributed by atoms with Crippen molar-refractivity contribution in [3.8, 4) is 5.75 Å². The highest BCUT2D eigenvalue weighted by Crippen LogP contribution is 2.33. The van der Waals surface area contributed by atoms with Gasteiger partial charge in [0.2, 0.25) is 0 Å². The van der Waals surface area contributed by atoms with E-state index in [0.717, 1.165) is 41.9 Å². The quantitative estimate of drug-likeness (QED) is 0.682. The van der Waals surface area contributed by atoms with Gasteiger partial charge >= 0.3 is 0 Å². The number of carbonyl (C=O) groups is 1. The summed E-state index contributed by atoms with van der Waals surface area (Å²) in [6, 6.07) is 17.9. The number of rotatable bonds is 5. The number of likely N-dealkylation sites (tertiary alicyclic amines) is 1. The van der Waals surface area contributed by atoms with Gasteiger partial charge in [-0.15, -0.1) is 0 Å². The molecule has 0 unspecified atom stereocenters. The molecule has 31 heavy (non-hydrogen) atoms. The normalized spacial score (nSPS) is 22.2. The molecule has 6 nitrogen and oxygen atoms in total. The average Bonchev–Trinajstić information content (AvgIpc) is 3.48. The van der Waals surface area contributed by atoms with E-state index in [1.165, 1.54) is 12.8 Å². The third-order valence-electron chi connectivity index (χ3n) is 6.45. The van der Waals surface area contributed by atoms with Gasteiger partial charge in [0.1, 0.15) is 11.4 Å². The molecule has 0 radical (unpaired) electrons. The van der Waals surface area contributed by atoms with E-state index in [1.807, 2.05) is 47.4 Å². The van der Waals surface area contributed by atoms with E-state index in [-0.39, 0.29) is 18.1 Å². The van der Waals surface area contributed by atoms with E-state index < -0.39 is 0 Å². The first-order valence-corrected chi connectivity index (χ1v) is 11.1. The van der Waals surface area contributed by atoms with Crippen LogP contribution in [0.4, 0.5) is 0 Å². The van der Waals surface area contributed by atoms with Crippen LogP contribution < -0.4 is 4.74 Å². The maximum Gasteiger partial charge on any atom is 0.270 e. The van der Waals surface area contributed by atoms with Crippen LogP contribution in [-0.4, -0.2) is 66.7 Å². The van der Waals surface area contributed by atoms with E-state index in [2.05, 4.69) is 22.0 Å². The Morgan fingerprint density at radius 2 is 1.90 bits per heavy atom. The second-order valence-electron chi connectivity index (χ2n) is 8.41. The number of methoxy groups -OCH3 is 1. The zero-order chi connectivity index (χ0) is 21.2. The van der Waals surface area contributed by atoms with Gasteiger partial charge in [-0.1, -0.05) is 30.3 Å². The molecule has 0 bridgehead atoms. The molecule has 1 aromatic heterocycles. The smallest absolute Gasteiger partial charge is 0.270 e. The molecule has 0 aliphatic carbocycles. The number of benzene rings is 2. The summed E-state index contributed by atoms with van der Waals surface area (Å²) < 4.78 is 11.6. The van der Waals surface area contributed by atoms with Crippen molar-refractivity contribution in [1.29, 1.82) is 0 Å². The predicted molar refractivity (Wildman–Crippen MR) is 120 cm³/mol. The molecular weight excluding hydrogens is 390 g/mol. The minimum atomic E-state index is -0.107. The third kappa shape index (κ3) is 4.05. The van der Waals surface area contributed by atoms with Crippen molar-refractivity contribution in [2.45, 2.75) is 25.0 Å². The van der Waals surface area contributed by atoms with Crippen LogP contribution in [0.2, 0.25) is 0 Å². The molecule has 2 saturated heterocycles. The second-order valence-corrected chi connectivity index (χ2v) is 8.41. The lowest BCUT2D eigenvalue weighted by Gasteiger charge is -2.42. The Labute approximate surface area is 182 Å². The van der Waals surface area contributed by atoms with E-state index in [4.69, 9.17) is 9.47 Å². The van der Waals surface area contributed by atoms with Crippen molar-refractivity contribution in [3.05, 3.63) is 65.9 Å². The summed E-state index contributed by atoms with van der Waals surface area (Å²) in [6.45, 7) is 4.21. The zero-order valence-electron chi connectivity index (χ0n) is 17.9. The average molecular weight is 420 g/mol. The maximum absolute atomic E-state index is 13.7. The second kappa shape index (κ2) is 8.73. The maximum atomic E-state index is 13.7. The van der Waals surface area contributed by atoms with Gasteiger partial charge in [-0.25, -0.2) is 0 Å². The Hall–Kier alpha value is -2.83. The molecule has 2 aliphatic rings. The number of aromatic amines is 1. The summed E-state index contributed by atoms with van der Waals surface area (Å²) in [7, 11) is 1.65. The number of hydrogen-bond acceptors (Lipinski definition) is 4. The van der Waals surface area contributed by atoms with Gasteiger partial charge in [0.05, 0.1) is 25.9 Å². The molecule has 6 heteroatoms. The van der Waals surface area contributed by atoms with Crippen LogP contribution in [0.3, 0.4) is 0 Å². The molecule has 2 aliphatic heterocycles. The lowest BCUT2D eigenvalue weighted by molar-refractivity contribution is -0.0708. The third-order valence-corrected chi connectivity index (χ3v) is 6.45. The van der Waals surface area contributed by atoms with Gasteiger partial charge in [-0.3, -0.25) is 4.79 Å². The number of nitrogens with one attached hydrogen (secondary N) is 1. The molecule has 0 spiro atoms. The van der Waals surface area contributed by atoms with Crippen LogP contribution in [-0.2, 0) is 4.74 Å². The molecule has 3 heterocycles. The fraction of sp³-hybridized carbons (Fsp3) is 0.400. The van der Waals surface area contributed by atoms with Crippen LogP contribution in [0.1, 0.15) is 34.9 Å². The van der Waals surface area contributed by atoms with Crippen molar-refractivity contribution in [1.82, 2.24) is 14.8 Å². The minimum absolute atomic E-state index is 0.0127. The van der Waals surface area contributed by atoms with Gasteiger partial charge in [0.25, 0.3) is 5.91 Å². The van der Waals surface area contributed by atoms with Crippen molar-refractivity contribution in [2.24, 2.45) is 0 Å². The number of aromatic nitrogens is 1. The first-order chi connectivity index (χ1) is 15.2. The van der Waals surface area contributed by atoms with Crippen molar-refractivity contribution in [3.63, 3.8) is 0 Å². The van der Waals surface area contributed by atoms with Crippen molar-refractivity contribution < 1.29 is 14.3 Å². The predicted octanol–water partition coefficient (Wildman–Crippen LogP) is 3.85. The molecule has 162 valence electrons. The van der Waals surface area contributed by atoms with Crippen molar-refractivity contribution >= 4 is 16.8 Å². The topological polar surface area (TPSA) is 57.8 Å². The Balaban J connectivity index is 1.47. The monoisotopic (exact) mass is 419 g/mol. The molecule has 0 saturated carbocycles. The molecular formula is C25H29N3O3. The Morgan fingerprint density at radius 1 is 1.10 bits per heavy atom. The van der Waals surface area contributed by atoms with E-state index in [1.54, 1.807) is 7.11 Å². The molecule has 2 aromatic carbocycles. The number of carbonyl (C=O) groups excluding carboxylic acids is 1. The molecule has 1 amide bonds. The van der Waals surface area contributed by atoms with Crippen LogP contribution in [0.25, 0.3) is 10.9 Å². The number of nitrogens with zero attached hydrogens (tertiary/aromatic N) is 2. The van der Waals surface area contributed by atoms with Crippen LogP contribution in [0.5, 0.6) is 5.75 Å². The molecule has 2 atom stereocenters. The van der Waals surface area contributed by atoms with Crippen molar-refractivity contribution in [2.75, 3.05) is 39.9 Å². The lowest BCUT2D eigenvalue weighted by Crippen LogP contribution is -2.51. The SMILES string of the molecule is COc1ccc2[nH]c(C(=O)N3CCO[C@@H](CN4CCCC4)[C@@H]3c3ccccc3)cc2c1. The number of H-pyrrole nitrogens is 1. The highest BCUT2D eigenvalue weighted by molar-refractivity contribution is 5.98. The van der Waals surface area contributed by atoms with Crippen LogP contribution >= 0.6 is 0 Å². The number of amides is 1. The highest BCUT2D eigenvalue weighted by atomic mass is 16.5. The number of morpholine rings is 1. The fourth-order valence-electron chi connectivity index (χ4n) is 4.89. The Bertz CT molecular complexity index is 1040. The first kappa shape index (κ1) is 20.1. The fourth-order valence-corrected chi connectivity index (χ4v) is 4.89. The molecule has 2 fully saturated rings. The van der Waals surface area contributed by atoms with Gasteiger partial charge in [-0.2, -0.15) is 0 Å². The minimum Gasteiger partial charge on any atom is -0.497 e. The summed E-state index contributed by atoms with van der Waals surface area (Å²) in [4.78, 5) is 21.4. The summed E-state index contributed by atoms with van der Waals surface area (Å²) in [5.74, 6) is 0.795. The first-order valence-electron chi connectivity index (χ1n) is 11.1. The zero-order valence-corrected chi connectivity index (χ0v) is 17.9. The van der Waals surface area contributed by atoms with Gasteiger partial charge in [0, 0.05) is 24.0 Å². The largest absolute Gasteiger partial charge is 0.497 e. The number of hydrogen-bond donors (Lipinski definition) is 1. The number of fused-ring (bicyclic) bond motifs is 1.